The van der Waals surface area contributed by atoms with Gasteiger partial charge in [0.1, 0.15) is 0 Å². The Bertz CT molecular complexity index is 170. The summed E-state index contributed by atoms with van der Waals surface area (Å²) in [7, 11) is 0. The minimum Gasteiger partial charge on any atom is -0.311 e. The third-order valence-corrected chi connectivity index (χ3v) is 4.51. The normalized spacial score (nSPS) is 37.4. The zero-order chi connectivity index (χ0) is 9.26. The summed E-state index contributed by atoms with van der Waals surface area (Å²) >= 11 is 2.09. The highest BCUT2D eigenvalue weighted by molar-refractivity contribution is 8.00. The van der Waals surface area contributed by atoms with E-state index in [0.29, 0.717) is 6.04 Å². The molecule has 2 nitrogen and oxygen atoms in total. The second-order valence-electron chi connectivity index (χ2n) is 4.52. The molecule has 0 amide bonds. The molecule has 2 unspecified atom stereocenters. The minimum atomic E-state index is 0.684. The van der Waals surface area contributed by atoms with Crippen LogP contribution in [0.1, 0.15) is 13.8 Å². The van der Waals surface area contributed by atoms with Crippen molar-refractivity contribution >= 4 is 11.8 Å². The molecule has 3 heteroatoms. The predicted octanol–water partition coefficient (Wildman–Crippen LogP) is 1.03. The second kappa shape index (κ2) is 4.20. The summed E-state index contributed by atoms with van der Waals surface area (Å²) in [6, 6.07) is 1.42. The second-order valence-corrected chi connectivity index (χ2v) is 5.59. The molecule has 1 N–H and O–H groups in total. The molecule has 0 aromatic heterocycles. The van der Waals surface area contributed by atoms with Gasteiger partial charge >= 0.3 is 0 Å². The highest BCUT2D eigenvalue weighted by Crippen LogP contribution is 2.26. The Kier molecular flexibility index (Phi) is 3.17. The Hall–Kier alpha value is 0.270. The van der Waals surface area contributed by atoms with Gasteiger partial charge in [0.25, 0.3) is 0 Å². The molecule has 2 aliphatic heterocycles. The quantitative estimate of drug-likeness (QED) is 0.717. The lowest BCUT2D eigenvalue weighted by Crippen LogP contribution is -2.56. The van der Waals surface area contributed by atoms with Gasteiger partial charge in [-0.25, -0.2) is 0 Å². The van der Waals surface area contributed by atoms with E-state index in [1.165, 1.54) is 31.1 Å². The number of piperazine rings is 1. The van der Waals surface area contributed by atoms with Crippen molar-refractivity contribution in [2.75, 3.05) is 31.1 Å². The van der Waals surface area contributed by atoms with Gasteiger partial charge in [-0.15, -0.1) is 0 Å². The van der Waals surface area contributed by atoms with Crippen LogP contribution in [-0.2, 0) is 0 Å². The predicted molar refractivity (Wildman–Crippen MR) is 59.3 cm³/mol. The number of rotatable bonds is 2. The SMILES string of the molecule is CC1CN(CC2CSC2)C(C)CN1. The van der Waals surface area contributed by atoms with Crippen molar-refractivity contribution in [3.05, 3.63) is 0 Å². The average molecular weight is 200 g/mol. The molecule has 0 radical (unpaired) electrons. The van der Waals surface area contributed by atoms with Gasteiger partial charge in [-0.3, -0.25) is 4.90 Å². The number of thioether (sulfide) groups is 1. The lowest BCUT2D eigenvalue weighted by atomic mass is 10.1. The topological polar surface area (TPSA) is 15.3 Å². The molecular formula is C10H20N2S. The smallest absolute Gasteiger partial charge is 0.0193 e. The molecule has 2 heterocycles. The van der Waals surface area contributed by atoms with Crippen LogP contribution >= 0.6 is 11.8 Å². The van der Waals surface area contributed by atoms with E-state index in [1.807, 2.05) is 0 Å². The first-order valence-electron chi connectivity index (χ1n) is 5.31. The summed E-state index contributed by atoms with van der Waals surface area (Å²) < 4.78 is 0. The lowest BCUT2D eigenvalue weighted by molar-refractivity contribution is 0.131. The largest absolute Gasteiger partial charge is 0.311 e. The summed E-state index contributed by atoms with van der Waals surface area (Å²) in [5.74, 6) is 3.77. The fourth-order valence-electron chi connectivity index (χ4n) is 2.07. The van der Waals surface area contributed by atoms with E-state index in [4.69, 9.17) is 0 Å². The zero-order valence-electron chi connectivity index (χ0n) is 8.62. The van der Waals surface area contributed by atoms with Gasteiger partial charge in [0.15, 0.2) is 0 Å². The lowest BCUT2D eigenvalue weighted by Gasteiger charge is -2.41. The summed E-state index contributed by atoms with van der Waals surface area (Å²) in [6.45, 7) is 8.36. The van der Waals surface area contributed by atoms with Gasteiger partial charge in [-0.1, -0.05) is 0 Å². The van der Waals surface area contributed by atoms with Crippen LogP contribution in [0, 0.1) is 5.92 Å². The molecular weight excluding hydrogens is 180 g/mol. The fraction of sp³-hybridized carbons (Fsp3) is 1.00. The highest BCUT2D eigenvalue weighted by Gasteiger charge is 2.27. The molecule has 0 aromatic rings. The molecule has 0 bridgehead atoms. The van der Waals surface area contributed by atoms with Crippen LogP contribution in [-0.4, -0.2) is 48.1 Å². The van der Waals surface area contributed by atoms with Crippen LogP contribution in [0.4, 0.5) is 0 Å². The van der Waals surface area contributed by atoms with Gasteiger partial charge < -0.3 is 5.32 Å². The number of nitrogens with zero attached hydrogens (tertiary/aromatic N) is 1. The number of hydrogen-bond donors (Lipinski definition) is 1. The fourth-order valence-corrected chi connectivity index (χ4v) is 2.85. The van der Waals surface area contributed by atoms with Crippen molar-refractivity contribution in [3.8, 4) is 0 Å². The van der Waals surface area contributed by atoms with Crippen molar-refractivity contribution in [2.45, 2.75) is 25.9 Å². The molecule has 0 aromatic carbocycles. The highest BCUT2D eigenvalue weighted by atomic mass is 32.2. The Morgan fingerprint density at radius 1 is 1.38 bits per heavy atom. The molecule has 13 heavy (non-hydrogen) atoms. The molecule has 2 rings (SSSR count). The first kappa shape index (κ1) is 9.81. The van der Waals surface area contributed by atoms with Crippen LogP contribution in [0.25, 0.3) is 0 Å². The van der Waals surface area contributed by atoms with E-state index >= 15 is 0 Å². The molecule has 0 saturated carbocycles. The van der Waals surface area contributed by atoms with Crippen LogP contribution in [0.15, 0.2) is 0 Å². The van der Waals surface area contributed by atoms with Crippen LogP contribution in [0.2, 0.25) is 0 Å². The Morgan fingerprint density at radius 3 is 2.77 bits per heavy atom. The molecule has 2 fully saturated rings. The van der Waals surface area contributed by atoms with Crippen molar-refractivity contribution in [1.82, 2.24) is 10.2 Å². The summed E-state index contributed by atoms with van der Waals surface area (Å²) in [4.78, 5) is 2.66. The van der Waals surface area contributed by atoms with E-state index in [2.05, 4.69) is 35.8 Å². The van der Waals surface area contributed by atoms with Crippen molar-refractivity contribution < 1.29 is 0 Å². The van der Waals surface area contributed by atoms with Gasteiger partial charge in [0.2, 0.25) is 0 Å². The summed E-state index contributed by atoms with van der Waals surface area (Å²) in [6.07, 6.45) is 0. The zero-order valence-corrected chi connectivity index (χ0v) is 9.44. The average Bonchev–Trinajstić information content (AvgIpc) is 2.03. The minimum absolute atomic E-state index is 0.684. The molecule has 76 valence electrons. The Labute approximate surface area is 85.4 Å². The maximum absolute atomic E-state index is 3.52. The van der Waals surface area contributed by atoms with Gasteiger partial charge in [0.05, 0.1) is 0 Å². The molecule has 2 saturated heterocycles. The molecule has 2 aliphatic rings. The van der Waals surface area contributed by atoms with Crippen LogP contribution in [0.5, 0.6) is 0 Å². The number of nitrogens with one attached hydrogen (secondary N) is 1. The van der Waals surface area contributed by atoms with E-state index in [1.54, 1.807) is 0 Å². The maximum Gasteiger partial charge on any atom is 0.0193 e. The van der Waals surface area contributed by atoms with Gasteiger partial charge in [0, 0.05) is 31.7 Å². The summed E-state index contributed by atoms with van der Waals surface area (Å²) in [5.41, 5.74) is 0. The van der Waals surface area contributed by atoms with E-state index in [9.17, 15) is 0 Å². The third-order valence-electron chi connectivity index (χ3n) is 3.09. The first-order chi connectivity index (χ1) is 6.25. The Balaban J connectivity index is 1.80. The van der Waals surface area contributed by atoms with Crippen LogP contribution < -0.4 is 5.32 Å². The van der Waals surface area contributed by atoms with Crippen molar-refractivity contribution in [3.63, 3.8) is 0 Å². The molecule has 0 aliphatic carbocycles. The monoisotopic (exact) mass is 200 g/mol. The Morgan fingerprint density at radius 2 is 2.15 bits per heavy atom. The van der Waals surface area contributed by atoms with Crippen molar-refractivity contribution in [2.24, 2.45) is 5.92 Å². The maximum atomic E-state index is 3.52. The van der Waals surface area contributed by atoms with E-state index in [0.717, 1.165) is 12.0 Å². The van der Waals surface area contributed by atoms with Gasteiger partial charge in [-0.2, -0.15) is 11.8 Å². The standard InChI is InChI=1S/C10H20N2S/c1-8-4-12(9(2)3-11-8)5-10-6-13-7-10/h8-11H,3-7H2,1-2H3. The third kappa shape index (κ3) is 2.39. The number of hydrogen-bond acceptors (Lipinski definition) is 3. The van der Waals surface area contributed by atoms with E-state index in [-0.39, 0.29) is 0 Å². The van der Waals surface area contributed by atoms with E-state index < -0.39 is 0 Å². The van der Waals surface area contributed by atoms with Crippen molar-refractivity contribution in [1.29, 1.82) is 0 Å². The molecule has 2 atom stereocenters. The van der Waals surface area contributed by atoms with Crippen LogP contribution in [0.3, 0.4) is 0 Å². The van der Waals surface area contributed by atoms with Gasteiger partial charge in [-0.05, 0) is 31.3 Å². The molecule has 0 spiro atoms. The summed E-state index contributed by atoms with van der Waals surface area (Å²) in [5, 5.41) is 3.52. The first-order valence-corrected chi connectivity index (χ1v) is 6.46.